The number of carbonyl (C=O) groups is 1. The molecule has 0 radical (unpaired) electrons. The predicted molar refractivity (Wildman–Crippen MR) is 92.6 cm³/mol. The monoisotopic (exact) mass is 294 g/mol. The van der Waals surface area contributed by atoms with Crippen LogP contribution in [-0.4, -0.2) is 18.4 Å². The lowest BCUT2D eigenvalue weighted by molar-refractivity contribution is -0.116. The van der Waals surface area contributed by atoms with Crippen LogP contribution < -0.4 is 5.32 Å². The first-order chi connectivity index (χ1) is 10.6. The Balaban J connectivity index is 2.45. The van der Waals surface area contributed by atoms with Crippen LogP contribution in [0.1, 0.15) is 18.1 Å². The Morgan fingerprint density at radius 1 is 1.23 bits per heavy atom. The maximum Gasteiger partial charge on any atom is 0.214 e. The van der Waals surface area contributed by atoms with Gasteiger partial charge in [-0.15, -0.1) is 0 Å². The van der Waals surface area contributed by atoms with E-state index in [1.807, 2.05) is 20.0 Å². The average Bonchev–Trinajstić information content (AvgIpc) is 2.53. The van der Waals surface area contributed by atoms with Gasteiger partial charge in [0.05, 0.1) is 6.54 Å². The van der Waals surface area contributed by atoms with Crippen LogP contribution in [0, 0.1) is 6.92 Å². The second-order valence-corrected chi connectivity index (χ2v) is 5.40. The fourth-order valence-electron chi connectivity index (χ4n) is 2.43. The fourth-order valence-corrected chi connectivity index (χ4v) is 2.43. The van der Waals surface area contributed by atoms with Crippen LogP contribution in [0.3, 0.4) is 0 Å². The fraction of sp³-hybridized carbons (Fsp3) is 0.211. The highest BCUT2D eigenvalue weighted by molar-refractivity contribution is 5.71. The second-order valence-electron chi connectivity index (χ2n) is 5.40. The molecule has 0 saturated heterocycles. The van der Waals surface area contributed by atoms with Gasteiger partial charge in [0, 0.05) is 18.4 Å². The van der Waals surface area contributed by atoms with E-state index < -0.39 is 0 Å². The lowest BCUT2D eigenvalue weighted by Crippen LogP contribution is -2.19. The van der Waals surface area contributed by atoms with Crippen molar-refractivity contribution >= 4 is 12.1 Å². The van der Waals surface area contributed by atoms with Crippen molar-refractivity contribution in [1.82, 2.24) is 4.90 Å². The summed E-state index contributed by atoms with van der Waals surface area (Å²) in [5.41, 5.74) is 6.43. The first-order valence-corrected chi connectivity index (χ1v) is 7.31. The van der Waals surface area contributed by atoms with Crippen LogP contribution in [-0.2, 0) is 11.3 Å². The molecule has 0 unspecified atom stereocenters. The molecule has 2 aromatic rings. The molecular formula is C19H22N2O. The first-order valence-electron chi connectivity index (χ1n) is 7.31. The van der Waals surface area contributed by atoms with Gasteiger partial charge in [0.25, 0.3) is 0 Å². The Morgan fingerprint density at radius 3 is 2.45 bits per heavy atom. The number of hydrogen-bond donors (Lipinski definition) is 1. The van der Waals surface area contributed by atoms with Gasteiger partial charge in [0.2, 0.25) is 6.41 Å². The summed E-state index contributed by atoms with van der Waals surface area (Å²) < 4.78 is 0. The Hall–Kier alpha value is -2.55. The zero-order valence-corrected chi connectivity index (χ0v) is 13.4. The van der Waals surface area contributed by atoms with Gasteiger partial charge in [-0.05, 0) is 48.2 Å². The molecule has 1 amide bonds. The van der Waals surface area contributed by atoms with Gasteiger partial charge < -0.3 is 10.2 Å². The number of benzene rings is 2. The Kier molecular flexibility index (Phi) is 4.99. The largest absolute Gasteiger partial charge is 0.388 e. The minimum atomic E-state index is 0.536. The molecule has 0 aromatic heterocycles. The van der Waals surface area contributed by atoms with E-state index in [4.69, 9.17) is 0 Å². The summed E-state index contributed by atoms with van der Waals surface area (Å²) in [5.74, 6) is 0. The Labute approximate surface area is 132 Å². The highest BCUT2D eigenvalue weighted by Gasteiger charge is 2.12. The molecule has 0 saturated carbocycles. The molecule has 2 aromatic carbocycles. The molecule has 2 rings (SSSR count). The van der Waals surface area contributed by atoms with E-state index in [2.05, 4.69) is 55.2 Å². The predicted octanol–water partition coefficient (Wildman–Crippen LogP) is 4.20. The number of carbonyl (C=O) groups excluding carboxylic acids is 1. The van der Waals surface area contributed by atoms with E-state index in [-0.39, 0.29) is 0 Å². The number of rotatable bonds is 6. The van der Waals surface area contributed by atoms with Crippen molar-refractivity contribution in [1.29, 1.82) is 0 Å². The van der Waals surface area contributed by atoms with Gasteiger partial charge in [-0.1, -0.05) is 36.9 Å². The first kappa shape index (κ1) is 15.8. The quantitative estimate of drug-likeness (QED) is 0.810. The highest BCUT2D eigenvalue weighted by Crippen LogP contribution is 2.28. The van der Waals surface area contributed by atoms with Gasteiger partial charge in [0.15, 0.2) is 0 Å². The molecule has 114 valence electrons. The van der Waals surface area contributed by atoms with Crippen LogP contribution in [0.15, 0.2) is 54.7 Å². The lowest BCUT2D eigenvalue weighted by Gasteiger charge is -2.21. The number of anilines is 1. The summed E-state index contributed by atoms with van der Waals surface area (Å²) in [6.07, 6.45) is 0.836. The third kappa shape index (κ3) is 3.37. The third-order valence-corrected chi connectivity index (χ3v) is 3.84. The van der Waals surface area contributed by atoms with Gasteiger partial charge in [-0.3, -0.25) is 4.79 Å². The molecular weight excluding hydrogens is 272 g/mol. The lowest BCUT2D eigenvalue weighted by atomic mass is 9.95. The molecule has 0 heterocycles. The van der Waals surface area contributed by atoms with Crippen LogP contribution in [0.25, 0.3) is 11.1 Å². The maximum atomic E-state index is 11.3. The summed E-state index contributed by atoms with van der Waals surface area (Å²) in [6, 6.07) is 14.5. The average molecular weight is 294 g/mol. The molecule has 0 spiro atoms. The van der Waals surface area contributed by atoms with Crippen molar-refractivity contribution in [2.45, 2.75) is 20.4 Å². The summed E-state index contributed by atoms with van der Waals surface area (Å²) >= 11 is 0. The second kappa shape index (κ2) is 6.94. The number of nitrogens with zero attached hydrogens (tertiary/aromatic N) is 1. The van der Waals surface area contributed by atoms with Crippen molar-refractivity contribution in [3.05, 3.63) is 65.9 Å². The van der Waals surface area contributed by atoms with E-state index in [1.54, 1.807) is 4.90 Å². The van der Waals surface area contributed by atoms with Crippen molar-refractivity contribution in [2.75, 3.05) is 12.4 Å². The maximum absolute atomic E-state index is 11.3. The Morgan fingerprint density at radius 2 is 1.91 bits per heavy atom. The topological polar surface area (TPSA) is 32.3 Å². The molecule has 0 bridgehead atoms. The van der Waals surface area contributed by atoms with E-state index in [0.717, 1.165) is 34.5 Å². The van der Waals surface area contributed by atoms with Crippen LogP contribution in [0.5, 0.6) is 0 Å². The standard InChI is InChI=1S/C19H22N2O/c1-14(2)21(13-22)12-19-15(3)6-5-7-18(19)16-8-10-17(20-4)11-9-16/h5-11,13,20H,1,12H2,2-4H3. The van der Waals surface area contributed by atoms with E-state index in [1.165, 1.54) is 5.56 Å². The minimum absolute atomic E-state index is 0.536. The Bertz CT molecular complexity index is 674. The highest BCUT2D eigenvalue weighted by atomic mass is 16.1. The van der Waals surface area contributed by atoms with Gasteiger partial charge in [0.1, 0.15) is 0 Å². The van der Waals surface area contributed by atoms with E-state index in [9.17, 15) is 4.79 Å². The number of nitrogens with one attached hydrogen (secondary N) is 1. The minimum Gasteiger partial charge on any atom is -0.388 e. The van der Waals surface area contributed by atoms with Crippen LogP contribution in [0.2, 0.25) is 0 Å². The van der Waals surface area contributed by atoms with Gasteiger partial charge in [-0.25, -0.2) is 0 Å². The van der Waals surface area contributed by atoms with Crippen molar-refractivity contribution in [3.8, 4) is 11.1 Å². The van der Waals surface area contributed by atoms with Gasteiger partial charge in [-0.2, -0.15) is 0 Å². The molecule has 0 aliphatic carbocycles. The molecule has 1 N–H and O–H groups in total. The SMILES string of the molecule is C=C(C)N(C=O)Cc1c(C)cccc1-c1ccc(NC)cc1. The summed E-state index contributed by atoms with van der Waals surface area (Å²) in [7, 11) is 1.90. The van der Waals surface area contributed by atoms with E-state index >= 15 is 0 Å². The number of allylic oxidation sites excluding steroid dienone is 1. The molecule has 3 heteroatoms. The van der Waals surface area contributed by atoms with Crippen LogP contribution in [0.4, 0.5) is 5.69 Å². The number of amides is 1. The number of aryl methyl sites for hydroxylation is 1. The third-order valence-electron chi connectivity index (χ3n) is 3.84. The molecule has 0 atom stereocenters. The number of hydrogen-bond acceptors (Lipinski definition) is 2. The molecule has 0 fully saturated rings. The van der Waals surface area contributed by atoms with Crippen LogP contribution >= 0.6 is 0 Å². The van der Waals surface area contributed by atoms with Crippen molar-refractivity contribution in [2.24, 2.45) is 0 Å². The normalized spacial score (nSPS) is 10.1. The molecule has 3 nitrogen and oxygen atoms in total. The summed E-state index contributed by atoms with van der Waals surface area (Å²) in [4.78, 5) is 12.9. The van der Waals surface area contributed by atoms with Gasteiger partial charge >= 0.3 is 0 Å². The molecule has 0 aliphatic rings. The zero-order chi connectivity index (χ0) is 16.1. The molecule has 0 aliphatic heterocycles. The smallest absolute Gasteiger partial charge is 0.214 e. The van der Waals surface area contributed by atoms with E-state index in [0.29, 0.717) is 6.54 Å². The summed E-state index contributed by atoms with van der Waals surface area (Å²) in [5, 5.41) is 3.12. The summed E-state index contributed by atoms with van der Waals surface area (Å²) in [6.45, 7) is 8.31. The molecule has 22 heavy (non-hydrogen) atoms. The van der Waals surface area contributed by atoms with Crippen molar-refractivity contribution in [3.63, 3.8) is 0 Å². The van der Waals surface area contributed by atoms with Crippen molar-refractivity contribution < 1.29 is 4.79 Å². The zero-order valence-electron chi connectivity index (χ0n) is 13.4.